The van der Waals surface area contributed by atoms with Crippen LogP contribution in [0.2, 0.25) is 0 Å². The van der Waals surface area contributed by atoms with Gasteiger partial charge in [-0.25, -0.2) is 0 Å². The van der Waals surface area contributed by atoms with Gasteiger partial charge in [0.2, 0.25) is 5.75 Å². The van der Waals surface area contributed by atoms with Gasteiger partial charge >= 0.3 is 0 Å². The maximum Gasteiger partial charge on any atom is 0.203 e. The minimum absolute atomic E-state index is 0.0906. The van der Waals surface area contributed by atoms with Crippen LogP contribution < -0.4 is 18.9 Å². The number of rotatable bonds is 13. The zero-order valence-corrected chi connectivity index (χ0v) is 21.5. The van der Waals surface area contributed by atoms with Crippen LogP contribution in [-0.4, -0.2) is 58.6 Å². The highest BCUT2D eigenvalue weighted by Crippen LogP contribution is 2.45. The van der Waals surface area contributed by atoms with E-state index in [4.69, 9.17) is 18.9 Å². The summed E-state index contributed by atoms with van der Waals surface area (Å²) in [7, 11) is 8.36. The van der Waals surface area contributed by atoms with Gasteiger partial charge in [-0.3, -0.25) is 0 Å². The summed E-state index contributed by atoms with van der Waals surface area (Å²) >= 11 is 0. The molecule has 2 aromatic carbocycles. The van der Waals surface area contributed by atoms with E-state index in [-0.39, 0.29) is 11.7 Å². The van der Waals surface area contributed by atoms with Gasteiger partial charge in [0.25, 0.3) is 0 Å². The quantitative estimate of drug-likeness (QED) is 0.450. The van der Waals surface area contributed by atoms with Crippen molar-refractivity contribution < 1.29 is 24.1 Å². The Hall–Kier alpha value is -3.11. The first-order valence-electron chi connectivity index (χ1n) is 11.5. The minimum Gasteiger partial charge on any atom is -0.504 e. The van der Waals surface area contributed by atoms with E-state index in [9.17, 15) is 10.4 Å². The molecular weight excluding hydrogens is 432 g/mol. The molecule has 0 saturated heterocycles. The molecule has 2 rings (SSSR count). The molecule has 1 atom stereocenters. The van der Waals surface area contributed by atoms with Gasteiger partial charge in [0.1, 0.15) is 0 Å². The summed E-state index contributed by atoms with van der Waals surface area (Å²) in [5.74, 6) is 2.35. The summed E-state index contributed by atoms with van der Waals surface area (Å²) < 4.78 is 21.6. The molecule has 0 radical (unpaired) electrons. The van der Waals surface area contributed by atoms with Crippen LogP contribution >= 0.6 is 0 Å². The average Bonchev–Trinajstić information content (AvgIpc) is 2.84. The van der Waals surface area contributed by atoms with E-state index in [1.807, 2.05) is 18.2 Å². The summed E-state index contributed by atoms with van der Waals surface area (Å²) in [6.45, 7) is 5.85. The van der Waals surface area contributed by atoms with Crippen molar-refractivity contribution in [2.75, 3.05) is 48.6 Å². The summed E-state index contributed by atoms with van der Waals surface area (Å²) in [5.41, 5.74) is 1.24. The summed E-state index contributed by atoms with van der Waals surface area (Å²) in [6, 6.07) is 11.9. The number of benzene rings is 2. The Balaban J connectivity index is 2.11. The van der Waals surface area contributed by atoms with Gasteiger partial charge < -0.3 is 29.0 Å². The van der Waals surface area contributed by atoms with Gasteiger partial charge in [-0.1, -0.05) is 19.9 Å². The maximum absolute atomic E-state index is 10.3. The van der Waals surface area contributed by atoms with E-state index in [0.29, 0.717) is 29.4 Å². The molecular formula is C27H38N2O5. The maximum atomic E-state index is 10.3. The fourth-order valence-electron chi connectivity index (χ4n) is 4.31. The second kappa shape index (κ2) is 12.4. The molecule has 0 aliphatic carbocycles. The first-order valence-corrected chi connectivity index (χ1v) is 11.5. The first-order chi connectivity index (χ1) is 16.3. The molecule has 0 spiro atoms. The van der Waals surface area contributed by atoms with E-state index in [0.717, 1.165) is 37.1 Å². The van der Waals surface area contributed by atoms with Gasteiger partial charge in [0, 0.05) is 6.54 Å². The molecule has 0 heterocycles. The highest BCUT2D eigenvalue weighted by molar-refractivity contribution is 5.56. The molecule has 0 fully saturated rings. The minimum atomic E-state index is -0.685. The number of nitriles is 1. The van der Waals surface area contributed by atoms with Gasteiger partial charge in [-0.05, 0) is 74.2 Å². The highest BCUT2D eigenvalue weighted by Gasteiger charge is 2.37. The summed E-state index contributed by atoms with van der Waals surface area (Å²) in [5, 5.41) is 20.3. The first kappa shape index (κ1) is 27.1. The second-order valence-electron chi connectivity index (χ2n) is 8.81. The third-order valence-corrected chi connectivity index (χ3v) is 6.50. The van der Waals surface area contributed by atoms with Gasteiger partial charge in [-0.15, -0.1) is 0 Å². The normalized spacial score (nSPS) is 12.8. The predicted molar refractivity (Wildman–Crippen MR) is 133 cm³/mol. The number of aromatic hydroxyl groups is 1. The van der Waals surface area contributed by atoms with Gasteiger partial charge in [-0.2, -0.15) is 5.26 Å². The molecule has 0 aliphatic heterocycles. The van der Waals surface area contributed by atoms with Crippen molar-refractivity contribution in [1.82, 2.24) is 4.90 Å². The average molecular weight is 471 g/mol. The van der Waals surface area contributed by atoms with E-state index < -0.39 is 5.41 Å². The Labute approximate surface area is 203 Å². The van der Waals surface area contributed by atoms with Crippen molar-refractivity contribution in [3.8, 4) is 34.8 Å². The van der Waals surface area contributed by atoms with Crippen molar-refractivity contribution in [3.05, 3.63) is 41.5 Å². The Kier molecular flexibility index (Phi) is 9.88. The number of ether oxygens (including phenoxy) is 4. The lowest BCUT2D eigenvalue weighted by atomic mass is 9.69. The number of likely N-dealkylation sites (N-methyl/N-ethyl adjacent to an activating group) is 1. The van der Waals surface area contributed by atoms with Crippen LogP contribution in [0.1, 0.15) is 37.8 Å². The molecule has 1 N–H and O–H groups in total. The van der Waals surface area contributed by atoms with Crippen molar-refractivity contribution in [3.63, 3.8) is 0 Å². The summed E-state index contributed by atoms with van der Waals surface area (Å²) in [4.78, 5) is 2.25. The molecule has 0 aromatic heterocycles. The van der Waals surface area contributed by atoms with Crippen LogP contribution in [0.5, 0.6) is 28.7 Å². The van der Waals surface area contributed by atoms with Crippen LogP contribution in [0, 0.1) is 17.2 Å². The zero-order chi connectivity index (χ0) is 25.3. The van der Waals surface area contributed by atoms with Crippen molar-refractivity contribution in [2.24, 2.45) is 5.92 Å². The van der Waals surface area contributed by atoms with Gasteiger partial charge in [0.15, 0.2) is 23.0 Å². The number of nitrogens with zero attached hydrogens (tertiary/aromatic N) is 2. The molecule has 0 saturated carbocycles. The lowest BCUT2D eigenvalue weighted by Crippen LogP contribution is -2.32. The van der Waals surface area contributed by atoms with Crippen molar-refractivity contribution in [2.45, 2.75) is 38.5 Å². The second-order valence-corrected chi connectivity index (χ2v) is 8.81. The third kappa shape index (κ3) is 6.06. The molecule has 0 amide bonds. The monoisotopic (exact) mass is 470 g/mol. The van der Waals surface area contributed by atoms with E-state index in [1.54, 1.807) is 40.6 Å². The smallest absolute Gasteiger partial charge is 0.203 e. The van der Waals surface area contributed by atoms with E-state index in [1.165, 1.54) is 0 Å². The molecule has 7 heteroatoms. The lowest BCUT2D eigenvalue weighted by molar-refractivity contribution is 0.290. The topological polar surface area (TPSA) is 84.2 Å². The number of hydrogen-bond donors (Lipinski definition) is 1. The standard InChI is InChI=1S/C27H38N2O5/c1-19(2)27(18-28,21-16-24(32-5)26(34-7)25(17-21)33-6)12-8-13-29(3)14-11-20-9-10-23(31-4)22(30)15-20/h9-10,15-17,19,30H,8,11-14H2,1-7H3. The Morgan fingerprint density at radius 3 is 2.03 bits per heavy atom. The number of phenolic OH excluding ortho intramolecular Hbond substituents is 1. The molecule has 186 valence electrons. The van der Waals surface area contributed by atoms with Crippen LogP contribution in [0.3, 0.4) is 0 Å². The SMILES string of the molecule is COc1ccc(CCN(C)CCCC(C#N)(c2cc(OC)c(OC)c(OC)c2)C(C)C)cc1O. The Morgan fingerprint density at radius 1 is 0.941 bits per heavy atom. The number of phenols is 1. The summed E-state index contributed by atoms with van der Waals surface area (Å²) in [6.07, 6.45) is 2.37. The molecule has 0 bridgehead atoms. The molecule has 34 heavy (non-hydrogen) atoms. The Morgan fingerprint density at radius 2 is 1.56 bits per heavy atom. The van der Waals surface area contributed by atoms with E-state index >= 15 is 0 Å². The van der Waals surface area contributed by atoms with Crippen molar-refractivity contribution in [1.29, 1.82) is 5.26 Å². The van der Waals surface area contributed by atoms with E-state index in [2.05, 4.69) is 31.9 Å². The number of methoxy groups -OCH3 is 4. The molecule has 7 nitrogen and oxygen atoms in total. The molecule has 2 aromatic rings. The lowest BCUT2D eigenvalue weighted by Gasteiger charge is -2.33. The zero-order valence-electron chi connectivity index (χ0n) is 21.5. The molecule has 1 unspecified atom stereocenters. The van der Waals surface area contributed by atoms with Crippen LogP contribution in [0.4, 0.5) is 0 Å². The van der Waals surface area contributed by atoms with Crippen LogP contribution in [-0.2, 0) is 11.8 Å². The van der Waals surface area contributed by atoms with Gasteiger partial charge in [0.05, 0.1) is 39.9 Å². The van der Waals surface area contributed by atoms with Crippen LogP contribution in [0.25, 0.3) is 0 Å². The Bertz CT molecular complexity index is 960. The fraction of sp³-hybridized carbons (Fsp3) is 0.519. The fourth-order valence-corrected chi connectivity index (χ4v) is 4.31. The largest absolute Gasteiger partial charge is 0.504 e. The molecule has 0 aliphatic rings. The predicted octanol–water partition coefficient (Wildman–Crippen LogP) is 4.80. The van der Waals surface area contributed by atoms with Crippen LogP contribution in [0.15, 0.2) is 30.3 Å². The highest BCUT2D eigenvalue weighted by atomic mass is 16.5. The number of hydrogen-bond acceptors (Lipinski definition) is 7. The van der Waals surface area contributed by atoms with Crippen molar-refractivity contribution >= 4 is 0 Å². The third-order valence-electron chi connectivity index (χ3n) is 6.50.